The number of benzene rings is 1. The van der Waals surface area contributed by atoms with Crippen molar-refractivity contribution in [2.45, 2.75) is 44.7 Å². The number of nitrogens with one attached hydrogen (secondary N) is 2. The first-order chi connectivity index (χ1) is 15.1. The topological polar surface area (TPSA) is 27.3 Å². The molecule has 0 unspecified atom stereocenters. The Labute approximate surface area is 189 Å². The highest BCUT2D eigenvalue weighted by Crippen LogP contribution is 2.37. The number of likely N-dealkylation sites (tertiary alicyclic amines) is 1. The zero-order valence-electron chi connectivity index (χ0n) is 18.8. The van der Waals surface area contributed by atoms with Gasteiger partial charge in [0.15, 0.2) is 0 Å². The van der Waals surface area contributed by atoms with E-state index in [-0.39, 0.29) is 23.2 Å². The van der Waals surface area contributed by atoms with E-state index in [1.165, 1.54) is 13.8 Å². The standard InChI is InChI=1S/C23H30F7N3/c1-15(18-11-19(22(25,26)27)13-20(12-18)23(28,29)30)32-14-17-5-8-33(9-6-17)10-7-31-16(2)21(3,4)24/h11-13,17,31-32H,1-2,5-10,14H2,3-4H3. The molecule has 33 heavy (non-hydrogen) atoms. The molecule has 1 heterocycles. The maximum atomic E-state index is 13.7. The molecule has 2 rings (SSSR count). The quantitative estimate of drug-likeness (QED) is 0.434. The highest BCUT2D eigenvalue weighted by molar-refractivity contribution is 5.63. The summed E-state index contributed by atoms with van der Waals surface area (Å²) < 4.78 is 92.1. The SMILES string of the molecule is C=C(NCC1CCN(CCNC(=C)C(C)(C)F)CC1)c1cc(C(F)(F)F)cc(C(F)(F)F)c1. The fourth-order valence-electron chi connectivity index (χ4n) is 3.49. The van der Waals surface area contributed by atoms with E-state index in [0.717, 1.165) is 25.9 Å². The summed E-state index contributed by atoms with van der Waals surface area (Å²) in [6.07, 6.45) is -8.17. The van der Waals surface area contributed by atoms with Crippen molar-refractivity contribution in [2.24, 2.45) is 5.92 Å². The van der Waals surface area contributed by atoms with Crippen LogP contribution in [0.25, 0.3) is 5.70 Å². The molecule has 3 nitrogen and oxygen atoms in total. The molecular formula is C23H30F7N3. The Morgan fingerprint density at radius 2 is 1.42 bits per heavy atom. The lowest BCUT2D eigenvalue weighted by Crippen LogP contribution is -2.41. The molecule has 2 N–H and O–H groups in total. The Balaban J connectivity index is 1.87. The molecule has 0 amide bonds. The summed E-state index contributed by atoms with van der Waals surface area (Å²) in [6.45, 7) is 13.4. The van der Waals surface area contributed by atoms with Crippen LogP contribution in [-0.4, -0.2) is 43.3 Å². The zero-order chi connectivity index (χ0) is 25.0. The molecule has 0 saturated carbocycles. The molecule has 1 aromatic carbocycles. The van der Waals surface area contributed by atoms with Gasteiger partial charge < -0.3 is 15.5 Å². The van der Waals surface area contributed by atoms with Gasteiger partial charge >= 0.3 is 12.4 Å². The Kier molecular flexibility index (Phi) is 8.48. The Hall–Kier alpha value is -2.23. The highest BCUT2D eigenvalue weighted by atomic mass is 19.4. The Bertz CT molecular complexity index is 798. The van der Waals surface area contributed by atoms with Gasteiger partial charge in [-0.15, -0.1) is 0 Å². The van der Waals surface area contributed by atoms with Gasteiger partial charge in [0.1, 0.15) is 5.67 Å². The molecule has 1 aliphatic rings. The molecule has 0 radical (unpaired) electrons. The molecule has 186 valence electrons. The molecule has 0 spiro atoms. The molecule has 1 aliphatic heterocycles. The van der Waals surface area contributed by atoms with Crippen LogP contribution in [0.4, 0.5) is 30.7 Å². The smallest absolute Gasteiger partial charge is 0.385 e. The van der Waals surface area contributed by atoms with Gasteiger partial charge in [0.2, 0.25) is 0 Å². The number of nitrogens with zero attached hydrogens (tertiary/aromatic N) is 1. The van der Waals surface area contributed by atoms with Crippen LogP contribution in [0.5, 0.6) is 0 Å². The molecule has 1 fully saturated rings. The number of hydrogen-bond acceptors (Lipinski definition) is 3. The summed E-state index contributed by atoms with van der Waals surface area (Å²) in [5.41, 5.74) is -4.13. The largest absolute Gasteiger partial charge is 0.416 e. The third-order valence-electron chi connectivity index (χ3n) is 5.73. The van der Waals surface area contributed by atoms with Gasteiger partial charge in [-0.2, -0.15) is 26.3 Å². The van der Waals surface area contributed by atoms with Gasteiger partial charge in [0.05, 0.1) is 11.1 Å². The average Bonchev–Trinajstić information content (AvgIpc) is 2.70. The lowest BCUT2D eigenvalue weighted by atomic mass is 9.96. The van der Waals surface area contributed by atoms with E-state index in [1.54, 1.807) is 0 Å². The first kappa shape index (κ1) is 27.0. The lowest BCUT2D eigenvalue weighted by molar-refractivity contribution is -0.143. The van der Waals surface area contributed by atoms with E-state index in [2.05, 4.69) is 28.7 Å². The summed E-state index contributed by atoms with van der Waals surface area (Å²) >= 11 is 0. The van der Waals surface area contributed by atoms with Crippen LogP contribution in [0.3, 0.4) is 0 Å². The first-order valence-electron chi connectivity index (χ1n) is 10.6. The number of halogens is 7. The summed E-state index contributed by atoms with van der Waals surface area (Å²) in [5, 5.41) is 5.88. The molecule has 10 heteroatoms. The average molecular weight is 482 g/mol. The van der Waals surface area contributed by atoms with Crippen LogP contribution in [0.2, 0.25) is 0 Å². The van der Waals surface area contributed by atoms with Crippen LogP contribution in [0.15, 0.2) is 37.1 Å². The fourth-order valence-corrected chi connectivity index (χ4v) is 3.49. The van der Waals surface area contributed by atoms with E-state index >= 15 is 0 Å². The minimum absolute atomic E-state index is 0.0191. The van der Waals surface area contributed by atoms with E-state index < -0.39 is 29.1 Å². The molecular weight excluding hydrogens is 451 g/mol. The van der Waals surface area contributed by atoms with E-state index in [9.17, 15) is 30.7 Å². The predicted molar refractivity (Wildman–Crippen MR) is 115 cm³/mol. The normalized spacial score (nSPS) is 16.5. The van der Waals surface area contributed by atoms with Gasteiger partial charge in [-0.25, -0.2) is 4.39 Å². The van der Waals surface area contributed by atoms with E-state index in [1.807, 2.05) is 0 Å². The van der Waals surface area contributed by atoms with E-state index in [0.29, 0.717) is 37.5 Å². The van der Waals surface area contributed by atoms with Gasteiger partial charge in [0.25, 0.3) is 0 Å². The van der Waals surface area contributed by atoms with Crippen molar-refractivity contribution >= 4 is 5.70 Å². The fraction of sp³-hybridized carbons (Fsp3) is 0.565. The number of allylic oxidation sites excluding steroid dienone is 1. The van der Waals surface area contributed by atoms with Gasteiger partial charge in [-0.05, 0) is 69.5 Å². The second-order valence-corrected chi connectivity index (χ2v) is 8.82. The number of alkyl halides is 7. The van der Waals surface area contributed by atoms with Crippen LogP contribution in [0.1, 0.15) is 43.4 Å². The maximum absolute atomic E-state index is 13.7. The third kappa shape index (κ3) is 8.24. The van der Waals surface area contributed by atoms with Crippen molar-refractivity contribution in [3.8, 4) is 0 Å². The van der Waals surface area contributed by atoms with Crippen molar-refractivity contribution < 1.29 is 30.7 Å². The first-order valence-corrected chi connectivity index (χ1v) is 10.6. The van der Waals surface area contributed by atoms with E-state index in [4.69, 9.17) is 0 Å². The summed E-state index contributed by atoms with van der Waals surface area (Å²) in [5.74, 6) is 0.207. The Morgan fingerprint density at radius 3 is 1.88 bits per heavy atom. The third-order valence-corrected chi connectivity index (χ3v) is 5.73. The highest BCUT2D eigenvalue weighted by Gasteiger charge is 2.37. The molecule has 0 aliphatic carbocycles. The Morgan fingerprint density at radius 1 is 0.909 bits per heavy atom. The van der Waals surface area contributed by atoms with Crippen molar-refractivity contribution in [1.29, 1.82) is 0 Å². The van der Waals surface area contributed by atoms with Gasteiger partial charge in [-0.1, -0.05) is 13.2 Å². The number of rotatable bonds is 9. The maximum Gasteiger partial charge on any atom is 0.416 e. The molecule has 0 atom stereocenters. The summed E-state index contributed by atoms with van der Waals surface area (Å²) in [4.78, 5) is 2.21. The monoisotopic (exact) mass is 481 g/mol. The second-order valence-electron chi connectivity index (χ2n) is 8.82. The van der Waals surface area contributed by atoms with Crippen molar-refractivity contribution in [2.75, 3.05) is 32.7 Å². The van der Waals surface area contributed by atoms with Crippen LogP contribution in [-0.2, 0) is 12.4 Å². The van der Waals surface area contributed by atoms with Gasteiger partial charge in [0, 0.05) is 31.0 Å². The lowest BCUT2D eigenvalue weighted by Gasteiger charge is -2.32. The molecule has 0 bridgehead atoms. The van der Waals surface area contributed by atoms with Crippen LogP contribution < -0.4 is 10.6 Å². The minimum Gasteiger partial charge on any atom is -0.385 e. The van der Waals surface area contributed by atoms with Crippen molar-refractivity contribution in [1.82, 2.24) is 15.5 Å². The molecule has 1 aromatic rings. The van der Waals surface area contributed by atoms with Gasteiger partial charge in [-0.3, -0.25) is 0 Å². The number of hydrogen-bond donors (Lipinski definition) is 2. The summed E-state index contributed by atoms with van der Waals surface area (Å²) in [7, 11) is 0. The molecule has 1 saturated heterocycles. The second kappa shape index (κ2) is 10.4. The number of piperidine rings is 1. The van der Waals surface area contributed by atoms with Crippen molar-refractivity contribution in [3.05, 3.63) is 53.7 Å². The van der Waals surface area contributed by atoms with Crippen LogP contribution in [0, 0.1) is 5.92 Å². The van der Waals surface area contributed by atoms with Crippen LogP contribution >= 0.6 is 0 Å². The zero-order valence-corrected chi connectivity index (χ0v) is 18.8. The molecule has 0 aromatic heterocycles. The summed E-state index contributed by atoms with van der Waals surface area (Å²) in [6, 6.07) is 1.45. The van der Waals surface area contributed by atoms with Crippen molar-refractivity contribution in [3.63, 3.8) is 0 Å². The predicted octanol–water partition coefficient (Wildman–Crippen LogP) is 5.85. The minimum atomic E-state index is -4.90.